The Bertz CT molecular complexity index is 2840. The third kappa shape index (κ3) is 19.2. The van der Waals surface area contributed by atoms with Crippen LogP contribution in [0, 0.1) is 5.92 Å². The van der Waals surface area contributed by atoms with Crippen molar-refractivity contribution in [1.82, 2.24) is 41.7 Å². The summed E-state index contributed by atoms with van der Waals surface area (Å²) in [5, 5.41) is 83.0. The number of β-amino-alcohol motifs (C(OH)–C–C–N with tert-alkyl or cyclic N) is 1. The number of benzene rings is 3. The van der Waals surface area contributed by atoms with Crippen LogP contribution in [0.5, 0.6) is 11.5 Å². The van der Waals surface area contributed by atoms with Gasteiger partial charge in [-0.1, -0.05) is 73.7 Å². The SMILES string of the molecule is C[C@@H](O)[C@@H]1NC(=O)C(NC(=O)OCc2ccccc2)C[C@@H](O)CNC(=O)[C@@H]2[C@@H](O)[C@@H](C)CN2C(=O)[C@H]([C@H](O)CC(N)=O)NC(=O)[C@H]([C@H](O)Cc2ccc(OCc3ccccc3)c(OCCCNC(=O)OC(C)(C)C)c2)NC(=O)[C@@H]2C[C@@H](O)CN2C1=O. The number of aliphatic hydroxyl groups is 6. The molecule has 9 amide bonds. The molecule has 14 N–H and O–H groups in total. The summed E-state index contributed by atoms with van der Waals surface area (Å²) in [6, 6.07) is 10.6. The van der Waals surface area contributed by atoms with Crippen molar-refractivity contribution in [2.45, 2.75) is 158 Å². The summed E-state index contributed by atoms with van der Waals surface area (Å²) >= 11 is 0. The minimum Gasteiger partial charge on any atom is -0.490 e. The molecule has 0 saturated carbocycles. The van der Waals surface area contributed by atoms with Crippen LogP contribution < -0.4 is 47.1 Å². The van der Waals surface area contributed by atoms with Crippen LogP contribution in [-0.4, -0.2) is 205 Å². The summed E-state index contributed by atoms with van der Waals surface area (Å²) < 4.78 is 22.9. The minimum atomic E-state index is -2.19. The third-order valence-corrected chi connectivity index (χ3v) is 14.3. The lowest BCUT2D eigenvalue weighted by Gasteiger charge is -2.33. The Morgan fingerprint density at radius 1 is 0.698 bits per heavy atom. The zero-order valence-electron chi connectivity index (χ0n) is 48.5. The second-order valence-corrected chi connectivity index (χ2v) is 22.6. The molecular formula is C58H79N9O19. The molecule has 0 bridgehead atoms. The number of alkyl carbamates (subject to hydrolysis) is 2. The lowest BCUT2D eigenvalue weighted by molar-refractivity contribution is -0.147. The summed E-state index contributed by atoms with van der Waals surface area (Å²) in [6.45, 7) is 6.11. The number of amides is 9. The zero-order chi connectivity index (χ0) is 63.0. The van der Waals surface area contributed by atoms with Crippen LogP contribution in [-0.2, 0) is 62.7 Å². The molecule has 3 heterocycles. The highest BCUT2D eigenvalue weighted by Crippen LogP contribution is 2.31. The normalized spacial score (nSPS) is 25.5. The van der Waals surface area contributed by atoms with E-state index in [2.05, 4.69) is 31.9 Å². The van der Waals surface area contributed by atoms with Crippen molar-refractivity contribution >= 4 is 53.5 Å². The van der Waals surface area contributed by atoms with E-state index in [4.69, 9.17) is 24.7 Å². The second kappa shape index (κ2) is 30.8. The van der Waals surface area contributed by atoms with E-state index >= 15 is 0 Å². The van der Waals surface area contributed by atoms with Gasteiger partial charge in [0.2, 0.25) is 41.4 Å². The fraction of sp³-hybridized carbons (Fsp3) is 0.534. The van der Waals surface area contributed by atoms with Gasteiger partial charge in [-0.3, -0.25) is 33.6 Å². The molecule has 0 aliphatic carbocycles. The first-order chi connectivity index (χ1) is 40.7. The number of nitrogens with two attached hydrogens (primary N) is 1. The largest absolute Gasteiger partial charge is 0.490 e. The van der Waals surface area contributed by atoms with E-state index in [9.17, 15) is 73.8 Å². The van der Waals surface area contributed by atoms with Gasteiger partial charge in [0.25, 0.3) is 0 Å². The van der Waals surface area contributed by atoms with Gasteiger partial charge in [-0.25, -0.2) is 9.59 Å². The first-order valence-corrected chi connectivity index (χ1v) is 28.2. The Morgan fingerprint density at radius 2 is 1.33 bits per heavy atom. The van der Waals surface area contributed by atoms with Gasteiger partial charge in [-0.2, -0.15) is 0 Å². The Kier molecular flexibility index (Phi) is 24.0. The van der Waals surface area contributed by atoms with Gasteiger partial charge < -0.3 is 97.0 Å². The minimum absolute atomic E-state index is 0.0221. The maximum absolute atomic E-state index is 14.9. The third-order valence-electron chi connectivity index (χ3n) is 14.3. The standard InChI is InChI=1S/C58H79N9O19/c1-31-27-67-48(49(31)74)53(78)61-26-36(69)23-38(62-57(82)85-30-34-15-10-7-11-16-34)50(75)63-45(32(2)68)54(79)66-28-37(70)24-39(66)51(76)64-46(52(77)65-47(55(67)80)41(72)25-44(59)73)40(71)21-35-17-18-42(84-29-33-13-8-6-9-14-33)43(22-35)83-20-12-19-60-56(81)86-58(3,4)5/h6-11,13-18,22,31-32,36-41,45-49,68-72,74H,12,19-21,23-30H2,1-5H3,(H2,59,73)(H,60,81)(H,61,78)(H,62,82)(H,63,75)(H,64,76)(H,65,77)/t31-,32+,36+,37+,38?,39-,40+,41+,45-,46-,47-,48-,49-/m0/s1. The maximum atomic E-state index is 14.9. The Labute approximate surface area is 496 Å². The highest BCUT2D eigenvalue weighted by atomic mass is 16.6. The van der Waals surface area contributed by atoms with E-state index in [0.717, 1.165) is 22.3 Å². The van der Waals surface area contributed by atoms with Crippen LogP contribution in [0.15, 0.2) is 78.9 Å². The molecule has 3 fully saturated rings. The van der Waals surface area contributed by atoms with Crippen molar-refractivity contribution in [3.05, 3.63) is 95.6 Å². The average molecular weight is 1210 g/mol. The van der Waals surface area contributed by atoms with Crippen molar-refractivity contribution in [2.24, 2.45) is 11.7 Å². The van der Waals surface area contributed by atoms with E-state index in [-0.39, 0.29) is 56.4 Å². The van der Waals surface area contributed by atoms with Gasteiger partial charge in [-0.05, 0) is 62.9 Å². The van der Waals surface area contributed by atoms with Crippen molar-refractivity contribution in [2.75, 3.05) is 32.8 Å². The molecule has 3 aromatic rings. The number of primary amides is 1. The highest BCUT2D eigenvalue weighted by molar-refractivity contribution is 5.98. The number of ether oxygens (including phenoxy) is 4. The van der Waals surface area contributed by atoms with Crippen LogP contribution >= 0.6 is 0 Å². The van der Waals surface area contributed by atoms with Gasteiger partial charge in [0.1, 0.15) is 55.1 Å². The Hall–Kier alpha value is -8.15. The Balaban J connectivity index is 1.37. The number of fused-ring (bicyclic) bond motifs is 2. The molecule has 86 heavy (non-hydrogen) atoms. The molecule has 470 valence electrons. The van der Waals surface area contributed by atoms with Crippen molar-refractivity contribution in [3.63, 3.8) is 0 Å². The van der Waals surface area contributed by atoms with Crippen LogP contribution in [0.25, 0.3) is 0 Å². The van der Waals surface area contributed by atoms with E-state index in [1.807, 2.05) is 30.3 Å². The lowest BCUT2D eigenvalue weighted by atomic mass is 9.98. The molecule has 0 spiro atoms. The predicted octanol–water partition coefficient (Wildman–Crippen LogP) is -2.12. The van der Waals surface area contributed by atoms with Crippen molar-refractivity contribution in [3.8, 4) is 11.5 Å². The fourth-order valence-corrected chi connectivity index (χ4v) is 9.91. The number of aliphatic hydroxyl groups excluding tert-OH is 6. The summed E-state index contributed by atoms with van der Waals surface area (Å²) in [6.07, 6.45) is -14.8. The maximum Gasteiger partial charge on any atom is 0.408 e. The van der Waals surface area contributed by atoms with Gasteiger partial charge in [-0.15, -0.1) is 0 Å². The fourth-order valence-electron chi connectivity index (χ4n) is 9.91. The molecule has 28 heteroatoms. The number of carbonyl (C=O) groups excluding carboxylic acids is 9. The Morgan fingerprint density at radius 3 is 1.97 bits per heavy atom. The van der Waals surface area contributed by atoms with E-state index in [0.29, 0.717) is 5.56 Å². The zero-order valence-corrected chi connectivity index (χ0v) is 48.5. The number of nitrogens with zero attached hydrogens (tertiary/aromatic N) is 2. The molecule has 28 nitrogen and oxygen atoms in total. The predicted molar refractivity (Wildman–Crippen MR) is 303 cm³/mol. The molecule has 3 aliphatic rings. The smallest absolute Gasteiger partial charge is 0.408 e. The van der Waals surface area contributed by atoms with Crippen molar-refractivity contribution < 1.29 is 92.7 Å². The summed E-state index contributed by atoms with van der Waals surface area (Å²) in [5.41, 5.74) is 6.35. The molecular weight excluding hydrogens is 1130 g/mol. The van der Waals surface area contributed by atoms with Crippen LogP contribution in [0.3, 0.4) is 0 Å². The number of rotatable bonds is 18. The number of nitrogens with one attached hydrogen (secondary N) is 6. The van der Waals surface area contributed by atoms with Crippen LogP contribution in [0.4, 0.5) is 9.59 Å². The quantitative estimate of drug-likeness (QED) is 0.0606. The highest BCUT2D eigenvalue weighted by Gasteiger charge is 2.50. The molecule has 3 aromatic carbocycles. The van der Waals surface area contributed by atoms with Crippen LogP contribution in [0.1, 0.15) is 77.0 Å². The van der Waals surface area contributed by atoms with E-state index < -0.39 is 177 Å². The molecule has 1 unspecified atom stereocenters. The summed E-state index contributed by atoms with van der Waals surface area (Å²) in [5.74, 6) is -8.81. The van der Waals surface area contributed by atoms with Gasteiger partial charge in [0.15, 0.2) is 11.5 Å². The first-order valence-electron chi connectivity index (χ1n) is 28.2. The van der Waals surface area contributed by atoms with E-state index in [1.54, 1.807) is 51.1 Å². The van der Waals surface area contributed by atoms with Crippen molar-refractivity contribution in [1.29, 1.82) is 0 Å². The molecule has 6 rings (SSSR count). The summed E-state index contributed by atoms with van der Waals surface area (Å²) in [4.78, 5) is 127. The second-order valence-electron chi connectivity index (χ2n) is 22.6. The van der Waals surface area contributed by atoms with Gasteiger partial charge in [0, 0.05) is 51.4 Å². The number of hydrogen-bond acceptors (Lipinski definition) is 19. The summed E-state index contributed by atoms with van der Waals surface area (Å²) in [7, 11) is 0. The topological polar surface area (TPSA) is 417 Å². The average Bonchev–Trinajstić information content (AvgIpc) is 2.09. The molecule has 3 aliphatic heterocycles. The number of hydrogen-bond donors (Lipinski definition) is 13. The van der Waals surface area contributed by atoms with Gasteiger partial charge >= 0.3 is 12.2 Å². The van der Waals surface area contributed by atoms with Crippen LogP contribution in [0.2, 0.25) is 0 Å². The number of carbonyl (C=O) groups is 9. The first kappa shape index (κ1) is 67.0. The lowest BCUT2D eigenvalue weighted by Crippen LogP contribution is -2.64. The van der Waals surface area contributed by atoms with Gasteiger partial charge in [0.05, 0.1) is 49.7 Å². The molecule has 0 aromatic heterocycles. The monoisotopic (exact) mass is 1210 g/mol. The molecule has 3 saturated heterocycles. The molecule has 0 radical (unpaired) electrons. The molecule has 13 atom stereocenters. The van der Waals surface area contributed by atoms with E-state index in [1.165, 1.54) is 25.1 Å².